The van der Waals surface area contributed by atoms with Gasteiger partial charge in [0.15, 0.2) is 0 Å². The van der Waals surface area contributed by atoms with E-state index in [9.17, 15) is 0 Å². The van der Waals surface area contributed by atoms with Crippen LogP contribution >= 0.6 is 0 Å². The van der Waals surface area contributed by atoms with Gasteiger partial charge in [-0.1, -0.05) is 0 Å². The monoisotopic (exact) mass is 207 g/mol. The van der Waals surface area contributed by atoms with Crippen molar-refractivity contribution in [2.24, 2.45) is 0 Å². The molecule has 45 valence electrons. The Bertz CT molecular complexity index is 94.9. The molecule has 7 heteroatoms. The normalized spacial score (nSPS) is 8.29. The van der Waals surface area contributed by atoms with Crippen molar-refractivity contribution in [3.05, 3.63) is 0 Å². The Morgan fingerprint density at radius 1 is 1.14 bits per heavy atom. The fourth-order valence-electron chi connectivity index (χ4n) is 0. The van der Waals surface area contributed by atoms with Crippen LogP contribution in [0.25, 0.3) is 0 Å². The first-order valence-corrected chi connectivity index (χ1v) is 2.00. The molecule has 0 aliphatic rings. The van der Waals surface area contributed by atoms with Gasteiger partial charge in [-0.2, -0.15) is 0 Å². The van der Waals surface area contributed by atoms with Crippen molar-refractivity contribution in [2.45, 2.75) is 0 Å². The Kier molecular flexibility index (Phi) is 11.3. The zero-order valence-electron chi connectivity index (χ0n) is 2.77. The summed E-state index contributed by atoms with van der Waals surface area (Å²) in [5, 5.41) is 0. The second-order valence-electron chi connectivity index (χ2n) is 0.408. The van der Waals surface area contributed by atoms with Crippen LogP contribution in [0, 0.1) is 0 Å². The van der Waals surface area contributed by atoms with Crippen LogP contribution in [-0.2, 0) is 44.5 Å². The third-order valence-corrected chi connectivity index (χ3v) is 0. The molecule has 0 spiro atoms. The summed E-state index contributed by atoms with van der Waals surface area (Å²) >= 11 is 0. The second kappa shape index (κ2) is 5.05. The molecule has 0 rings (SSSR count). The predicted molar refractivity (Wildman–Crippen MR) is 10.5 cm³/mol. The predicted octanol–water partition coefficient (Wildman–Crippen LogP) is -1.34. The zero-order chi connectivity index (χ0) is 4.50. The van der Waals surface area contributed by atoms with Crippen LogP contribution in [0.2, 0.25) is 0 Å². The first-order valence-electron chi connectivity index (χ1n) is 0.667. The van der Waals surface area contributed by atoms with Crippen LogP contribution in [0.5, 0.6) is 0 Å². The van der Waals surface area contributed by atoms with Crippen LogP contribution in [-0.4, -0.2) is 17.5 Å². The summed E-state index contributed by atoms with van der Waals surface area (Å²) in [5.74, 6) is 0. The molecule has 7 heavy (non-hydrogen) atoms. The van der Waals surface area contributed by atoms with E-state index in [1.807, 2.05) is 0 Å². The van der Waals surface area contributed by atoms with Gasteiger partial charge < -0.3 is 9.11 Å². The van der Waals surface area contributed by atoms with Gasteiger partial charge >= 0.3 is 17.1 Å². The minimum Gasteiger partial charge on any atom is -0.759 e. The topological polar surface area (TPSA) is 80.3 Å². The van der Waals surface area contributed by atoms with Gasteiger partial charge in [0.25, 0.3) is 0 Å². The van der Waals surface area contributed by atoms with E-state index in [1.165, 1.54) is 0 Å². The van der Waals surface area contributed by atoms with Crippen molar-refractivity contribution < 1.29 is 51.7 Å². The van der Waals surface area contributed by atoms with E-state index in [4.69, 9.17) is 17.5 Å². The molecule has 4 nitrogen and oxygen atoms in total. The minimum absolute atomic E-state index is 0. The summed E-state index contributed by atoms with van der Waals surface area (Å²) in [7, 11) is -5.17. The van der Waals surface area contributed by atoms with Crippen molar-refractivity contribution in [1.82, 2.24) is 0 Å². The molecular weight excluding hydrogens is 207 g/mol. The van der Waals surface area contributed by atoms with Gasteiger partial charge in [-0.25, -0.2) is 0 Å². The zero-order valence-corrected chi connectivity index (χ0v) is 5.87. The summed E-state index contributed by atoms with van der Waals surface area (Å²) in [6.07, 6.45) is 0. The maximum atomic E-state index is 8.52. The maximum Gasteiger partial charge on any atom is 2.00 e. The average Bonchev–Trinajstić information content (AvgIpc) is 0.722. The molecule has 0 saturated heterocycles. The Balaban J connectivity index is -0.0000000800. The van der Waals surface area contributed by atoms with Crippen LogP contribution < -0.4 is 0 Å². The van der Waals surface area contributed by atoms with Crippen molar-refractivity contribution >= 4 is 10.4 Å². The second-order valence-corrected chi connectivity index (χ2v) is 1.22. The Morgan fingerprint density at radius 3 is 1.14 bits per heavy atom. The van der Waals surface area contributed by atoms with Crippen molar-refractivity contribution in [3.63, 3.8) is 0 Å². The molecule has 0 atom stereocenters. The Morgan fingerprint density at radius 2 is 1.14 bits per heavy atom. The first-order chi connectivity index (χ1) is 2.00. The van der Waals surface area contributed by atoms with Crippen LogP contribution in [0.15, 0.2) is 0 Å². The summed E-state index contributed by atoms with van der Waals surface area (Å²) in [6, 6.07) is 0. The van der Waals surface area contributed by atoms with Gasteiger partial charge in [0, 0.05) is 27.5 Å². The van der Waals surface area contributed by atoms with E-state index in [0.29, 0.717) is 0 Å². The summed E-state index contributed by atoms with van der Waals surface area (Å²) in [5.41, 5.74) is 0. The van der Waals surface area contributed by atoms with Gasteiger partial charge in [-0.3, -0.25) is 8.42 Å². The Labute approximate surface area is 62.2 Å². The van der Waals surface area contributed by atoms with E-state index >= 15 is 0 Å². The minimum atomic E-state index is -5.17. The molecule has 0 aliphatic heterocycles. The molecule has 0 fully saturated rings. The van der Waals surface area contributed by atoms with Crippen LogP contribution in [0.4, 0.5) is 0 Å². The van der Waals surface area contributed by atoms with E-state index in [0.717, 1.165) is 0 Å². The quantitative estimate of drug-likeness (QED) is 0.279. The Hall–Kier alpha value is 0.909. The van der Waals surface area contributed by atoms with E-state index < -0.39 is 10.4 Å². The van der Waals surface area contributed by atoms with E-state index in [1.54, 1.807) is 0 Å². The van der Waals surface area contributed by atoms with Gasteiger partial charge in [-0.15, -0.1) is 0 Å². The van der Waals surface area contributed by atoms with E-state index in [-0.39, 0.29) is 34.1 Å². The number of hydrogen-bond donors (Lipinski definition) is 0. The average molecular weight is 207 g/mol. The van der Waals surface area contributed by atoms with Crippen molar-refractivity contribution in [1.29, 1.82) is 0 Å². The molecule has 0 aliphatic carbocycles. The third kappa shape index (κ3) is 202. The molecule has 0 aromatic carbocycles. The van der Waals surface area contributed by atoms with Crippen LogP contribution in [0.3, 0.4) is 0 Å². The van der Waals surface area contributed by atoms with Gasteiger partial charge in [-0.05, 0) is 0 Å². The summed E-state index contributed by atoms with van der Waals surface area (Å²) in [4.78, 5) is 0. The van der Waals surface area contributed by atoms with E-state index in [2.05, 4.69) is 0 Å². The SMILES string of the molecule is O=S(=O)([O-])[O-].[Fe+2].[Mn]. The molecule has 0 amide bonds. The number of rotatable bonds is 0. The fourth-order valence-corrected chi connectivity index (χ4v) is 0. The smallest absolute Gasteiger partial charge is 0.759 e. The molecule has 0 saturated carbocycles. The summed E-state index contributed by atoms with van der Waals surface area (Å²) in [6.45, 7) is 0. The van der Waals surface area contributed by atoms with Gasteiger partial charge in [0.1, 0.15) is 0 Å². The molecule has 0 heterocycles. The van der Waals surface area contributed by atoms with Crippen molar-refractivity contribution in [3.8, 4) is 0 Å². The molecule has 0 aromatic heterocycles. The molecule has 1 radical (unpaired) electrons. The summed E-state index contributed by atoms with van der Waals surface area (Å²) < 4.78 is 34.1. The largest absolute Gasteiger partial charge is 2.00 e. The molecular formula is FeMnO4S. The van der Waals surface area contributed by atoms with Gasteiger partial charge in [0.2, 0.25) is 0 Å². The van der Waals surface area contributed by atoms with Gasteiger partial charge in [0.05, 0.1) is 0 Å². The molecule has 0 bridgehead atoms. The fraction of sp³-hybridized carbons (Fsp3) is 0. The molecule has 0 aromatic rings. The molecule has 0 unspecified atom stereocenters. The first kappa shape index (κ1) is 15.7. The maximum absolute atomic E-state index is 8.52. The van der Waals surface area contributed by atoms with Crippen molar-refractivity contribution in [2.75, 3.05) is 0 Å². The van der Waals surface area contributed by atoms with Crippen LogP contribution in [0.1, 0.15) is 0 Å². The molecule has 0 N–H and O–H groups in total. The number of hydrogen-bond acceptors (Lipinski definition) is 4. The standard InChI is InChI=1S/Fe.Mn.H2O4S/c;;1-5(2,3)4/h;;(H2,1,2,3,4)/q+2;;/p-2. The third-order valence-electron chi connectivity index (χ3n) is 0.